The molecular weight excluding hydrogens is 431 g/mol. The van der Waals surface area contributed by atoms with Gasteiger partial charge in [-0.25, -0.2) is 4.98 Å². The Bertz CT molecular complexity index is 1260. The Hall–Kier alpha value is -2.95. The van der Waals surface area contributed by atoms with Gasteiger partial charge < -0.3 is 0 Å². The van der Waals surface area contributed by atoms with Crippen molar-refractivity contribution in [1.29, 1.82) is 0 Å². The average molecular weight is 451 g/mol. The first-order valence-corrected chi connectivity index (χ1v) is 10.9. The van der Waals surface area contributed by atoms with Crippen LogP contribution in [0.3, 0.4) is 0 Å². The third-order valence-electron chi connectivity index (χ3n) is 5.18. The lowest BCUT2D eigenvalue weighted by molar-refractivity contribution is 0.0978. The zero-order valence-electron chi connectivity index (χ0n) is 16.9. The maximum Gasteiger partial charge on any atom is 0.231 e. The second kappa shape index (κ2) is 9.04. The van der Waals surface area contributed by atoms with Crippen LogP contribution in [0.1, 0.15) is 52.7 Å². The fourth-order valence-corrected chi connectivity index (χ4v) is 4.10. The molecule has 0 unspecified atom stereocenters. The second-order valence-corrected chi connectivity index (χ2v) is 8.08. The van der Waals surface area contributed by atoms with Crippen LogP contribution in [0, 0.1) is 0 Å². The van der Waals surface area contributed by atoms with Gasteiger partial charge in [0.25, 0.3) is 0 Å². The number of pyridine rings is 1. The van der Waals surface area contributed by atoms with Gasteiger partial charge >= 0.3 is 0 Å². The van der Waals surface area contributed by atoms with Gasteiger partial charge in [-0.3, -0.25) is 14.0 Å². The minimum atomic E-state index is -0.352. The number of hydrogen-bond donors (Lipinski definition) is 0. The lowest BCUT2D eigenvalue weighted by atomic mass is 10.0. The van der Waals surface area contributed by atoms with Gasteiger partial charge in [0, 0.05) is 23.7 Å². The number of halogens is 2. The first-order valence-electron chi connectivity index (χ1n) is 10.1. The van der Waals surface area contributed by atoms with Crippen LogP contribution in [-0.2, 0) is 0 Å². The number of fused-ring (bicyclic) bond motifs is 1. The van der Waals surface area contributed by atoms with E-state index in [9.17, 15) is 9.59 Å². The Kier molecular flexibility index (Phi) is 6.21. The van der Waals surface area contributed by atoms with E-state index in [2.05, 4.69) is 11.9 Å². The van der Waals surface area contributed by atoms with Crippen LogP contribution in [0.5, 0.6) is 0 Å². The molecule has 31 heavy (non-hydrogen) atoms. The molecule has 0 aliphatic heterocycles. The molecule has 6 heteroatoms. The summed E-state index contributed by atoms with van der Waals surface area (Å²) in [6.07, 6.45) is 4.19. The summed E-state index contributed by atoms with van der Waals surface area (Å²) in [6, 6.07) is 17.9. The van der Waals surface area contributed by atoms with Gasteiger partial charge in [-0.05, 0) is 30.7 Å². The quantitative estimate of drug-likeness (QED) is 0.287. The van der Waals surface area contributed by atoms with Gasteiger partial charge in [0.05, 0.1) is 26.8 Å². The smallest absolute Gasteiger partial charge is 0.231 e. The molecule has 2 aromatic carbocycles. The summed E-state index contributed by atoms with van der Waals surface area (Å²) >= 11 is 12.5. The van der Waals surface area contributed by atoms with Gasteiger partial charge in [0.1, 0.15) is 0 Å². The Balaban J connectivity index is 1.77. The third-order valence-corrected chi connectivity index (χ3v) is 5.81. The number of hydrogen-bond acceptors (Lipinski definition) is 3. The highest BCUT2D eigenvalue weighted by Crippen LogP contribution is 2.30. The Morgan fingerprint density at radius 2 is 1.65 bits per heavy atom. The first kappa shape index (κ1) is 21.3. The molecule has 0 bridgehead atoms. The number of Topliss-reactive ketones (excluding diaryl/α,β-unsaturated/α-hetero) is 1. The Morgan fingerprint density at radius 1 is 0.935 bits per heavy atom. The highest BCUT2D eigenvalue weighted by atomic mass is 35.5. The molecule has 0 aliphatic carbocycles. The van der Waals surface area contributed by atoms with Crippen molar-refractivity contribution in [3.05, 3.63) is 93.9 Å². The number of benzene rings is 2. The van der Waals surface area contributed by atoms with E-state index in [-0.39, 0.29) is 33.0 Å². The minimum Gasteiger partial charge on any atom is -0.296 e. The highest BCUT2D eigenvalue weighted by molar-refractivity contribution is 6.40. The van der Waals surface area contributed by atoms with E-state index in [1.807, 2.05) is 42.5 Å². The summed E-state index contributed by atoms with van der Waals surface area (Å²) < 4.78 is 1.73. The van der Waals surface area contributed by atoms with Crippen molar-refractivity contribution in [2.75, 3.05) is 0 Å². The van der Waals surface area contributed by atoms with E-state index in [4.69, 9.17) is 23.2 Å². The minimum absolute atomic E-state index is 0.132. The van der Waals surface area contributed by atoms with E-state index in [1.165, 1.54) is 0 Å². The van der Waals surface area contributed by atoms with Gasteiger partial charge in [-0.1, -0.05) is 72.9 Å². The predicted molar refractivity (Wildman–Crippen MR) is 124 cm³/mol. The number of rotatable bonds is 7. The molecule has 4 nitrogen and oxygen atoms in total. The monoisotopic (exact) mass is 450 g/mol. The van der Waals surface area contributed by atoms with E-state index in [1.54, 1.807) is 28.8 Å². The average Bonchev–Trinajstić information content (AvgIpc) is 3.17. The summed E-state index contributed by atoms with van der Waals surface area (Å²) in [7, 11) is 0. The van der Waals surface area contributed by atoms with Crippen molar-refractivity contribution in [3.63, 3.8) is 0 Å². The fraction of sp³-hybridized carbons (Fsp3) is 0.160. The third kappa shape index (κ3) is 4.14. The van der Waals surface area contributed by atoms with E-state index >= 15 is 0 Å². The standard InChI is InChI=1S/C25H20Cl2N2O2/c1-2-3-10-21(30)16-11-13-17(14-12-16)23-20-9-4-5-15-29(20)25(28-23)24(31)22-18(26)7-6-8-19(22)27/h4-9,11-15H,2-3,10H2,1H3. The number of ketones is 2. The van der Waals surface area contributed by atoms with Crippen molar-refractivity contribution in [2.24, 2.45) is 0 Å². The highest BCUT2D eigenvalue weighted by Gasteiger charge is 2.23. The lowest BCUT2D eigenvalue weighted by Gasteiger charge is -2.05. The van der Waals surface area contributed by atoms with Crippen molar-refractivity contribution in [2.45, 2.75) is 26.2 Å². The molecule has 0 N–H and O–H groups in total. The molecule has 2 aromatic heterocycles. The molecule has 4 rings (SSSR count). The summed E-state index contributed by atoms with van der Waals surface area (Å²) in [5.41, 5.74) is 3.16. The number of unbranched alkanes of at least 4 members (excludes halogenated alkanes) is 1. The van der Waals surface area contributed by atoms with Crippen LogP contribution in [-0.4, -0.2) is 21.0 Å². The Morgan fingerprint density at radius 3 is 2.32 bits per heavy atom. The van der Waals surface area contributed by atoms with Crippen LogP contribution in [0.4, 0.5) is 0 Å². The zero-order valence-corrected chi connectivity index (χ0v) is 18.5. The first-order chi connectivity index (χ1) is 15.0. The number of aromatic nitrogens is 2. The van der Waals surface area contributed by atoms with E-state index in [0.29, 0.717) is 17.7 Å². The molecule has 0 aliphatic rings. The molecule has 4 aromatic rings. The number of carbonyl (C=O) groups is 2. The van der Waals surface area contributed by atoms with Gasteiger partial charge in [-0.15, -0.1) is 0 Å². The fourth-order valence-electron chi connectivity index (χ4n) is 3.53. The van der Waals surface area contributed by atoms with Gasteiger partial charge in [0.15, 0.2) is 11.6 Å². The van der Waals surface area contributed by atoms with Crippen molar-refractivity contribution in [1.82, 2.24) is 9.38 Å². The van der Waals surface area contributed by atoms with Crippen molar-refractivity contribution >= 4 is 40.3 Å². The van der Waals surface area contributed by atoms with E-state index < -0.39 is 0 Å². The van der Waals surface area contributed by atoms with Crippen LogP contribution >= 0.6 is 23.2 Å². The molecule has 0 saturated heterocycles. The van der Waals surface area contributed by atoms with Crippen LogP contribution in [0.2, 0.25) is 10.0 Å². The molecule has 0 radical (unpaired) electrons. The molecular formula is C25H20Cl2N2O2. The molecule has 156 valence electrons. The summed E-state index contributed by atoms with van der Waals surface area (Å²) in [5, 5.41) is 0.559. The molecule has 0 spiro atoms. The number of nitrogens with zero attached hydrogens (tertiary/aromatic N) is 2. The molecule has 0 saturated carbocycles. The second-order valence-electron chi connectivity index (χ2n) is 7.27. The van der Waals surface area contributed by atoms with Crippen LogP contribution in [0.25, 0.3) is 16.8 Å². The number of imidazole rings is 1. The van der Waals surface area contributed by atoms with Crippen LogP contribution in [0.15, 0.2) is 66.9 Å². The summed E-state index contributed by atoms with van der Waals surface area (Å²) in [6.45, 7) is 2.06. The predicted octanol–water partition coefficient (Wildman–Crippen LogP) is 6.91. The largest absolute Gasteiger partial charge is 0.296 e. The van der Waals surface area contributed by atoms with Crippen molar-refractivity contribution < 1.29 is 9.59 Å². The maximum absolute atomic E-state index is 13.3. The maximum atomic E-state index is 13.3. The SMILES string of the molecule is CCCCC(=O)c1ccc(-c2nc(C(=O)c3c(Cl)cccc3Cl)n3ccccc23)cc1. The van der Waals surface area contributed by atoms with Crippen molar-refractivity contribution in [3.8, 4) is 11.3 Å². The molecule has 0 fully saturated rings. The zero-order chi connectivity index (χ0) is 22.0. The van der Waals surface area contributed by atoms with Gasteiger partial charge in [0.2, 0.25) is 5.78 Å². The van der Waals surface area contributed by atoms with Gasteiger partial charge in [-0.2, -0.15) is 0 Å². The molecule has 0 atom stereocenters. The normalized spacial score (nSPS) is 11.1. The molecule has 2 heterocycles. The van der Waals surface area contributed by atoms with Crippen LogP contribution < -0.4 is 0 Å². The number of carbonyl (C=O) groups excluding carboxylic acids is 2. The molecule has 0 amide bonds. The van der Waals surface area contributed by atoms with E-state index in [0.717, 1.165) is 23.9 Å². The summed E-state index contributed by atoms with van der Waals surface area (Å²) in [5.74, 6) is 0.00504. The lowest BCUT2D eigenvalue weighted by Crippen LogP contribution is -2.08. The Labute approximate surface area is 190 Å². The topological polar surface area (TPSA) is 51.4 Å². The summed E-state index contributed by atoms with van der Waals surface area (Å²) in [4.78, 5) is 30.2.